The summed E-state index contributed by atoms with van der Waals surface area (Å²) in [4.78, 5) is 30.1. The van der Waals surface area contributed by atoms with Crippen molar-refractivity contribution < 1.29 is 18.7 Å². The Hall–Kier alpha value is -3.22. The molecule has 0 saturated carbocycles. The number of halogens is 1. The van der Waals surface area contributed by atoms with Crippen LogP contribution >= 0.6 is 0 Å². The fourth-order valence-corrected chi connectivity index (χ4v) is 4.30. The van der Waals surface area contributed by atoms with Crippen molar-refractivity contribution in [3.05, 3.63) is 65.5 Å². The average molecular weight is 438 g/mol. The maximum absolute atomic E-state index is 14.0. The Morgan fingerprint density at radius 2 is 1.84 bits per heavy atom. The fraction of sp³-hybridized carbons (Fsp3) is 0.400. The third-order valence-corrected chi connectivity index (χ3v) is 6.11. The zero-order valence-corrected chi connectivity index (χ0v) is 18.7. The van der Waals surface area contributed by atoms with Crippen molar-refractivity contribution in [3.63, 3.8) is 0 Å². The van der Waals surface area contributed by atoms with Crippen molar-refractivity contribution in [1.29, 1.82) is 0 Å². The Bertz CT molecular complexity index is 1120. The first kappa shape index (κ1) is 22.0. The molecule has 4 rings (SSSR count). The number of piperidine rings is 1. The molecule has 1 aromatic carbocycles. The van der Waals surface area contributed by atoms with Gasteiger partial charge in [0.25, 0.3) is 5.91 Å². The molecule has 3 aromatic rings. The molecule has 32 heavy (non-hydrogen) atoms. The summed E-state index contributed by atoms with van der Waals surface area (Å²) in [5.41, 5.74) is 1.82. The smallest absolute Gasteiger partial charge is 0.337 e. The molecular formula is C25H28FN3O3. The van der Waals surface area contributed by atoms with Crippen LogP contribution in [0.5, 0.6) is 0 Å². The van der Waals surface area contributed by atoms with E-state index >= 15 is 0 Å². The highest BCUT2D eigenvalue weighted by molar-refractivity contribution is 5.89. The van der Waals surface area contributed by atoms with E-state index in [2.05, 4.69) is 16.7 Å². The first-order valence-corrected chi connectivity index (χ1v) is 10.9. The van der Waals surface area contributed by atoms with E-state index in [1.165, 1.54) is 21.0 Å². The van der Waals surface area contributed by atoms with Gasteiger partial charge in [-0.25, -0.2) is 14.2 Å². The summed E-state index contributed by atoms with van der Waals surface area (Å²) in [7, 11) is 1.37. The highest BCUT2D eigenvalue weighted by Gasteiger charge is 2.34. The van der Waals surface area contributed by atoms with Crippen molar-refractivity contribution in [2.45, 2.75) is 44.8 Å². The number of alkyl halides is 1. The summed E-state index contributed by atoms with van der Waals surface area (Å²) in [6, 6.07) is 11.6. The van der Waals surface area contributed by atoms with Gasteiger partial charge in [0.2, 0.25) is 0 Å². The molecule has 168 valence electrons. The van der Waals surface area contributed by atoms with E-state index < -0.39 is 11.6 Å². The van der Waals surface area contributed by atoms with Crippen molar-refractivity contribution in [1.82, 2.24) is 14.5 Å². The highest BCUT2D eigenvalue weighted by atomic mass is 19.1. The second kappa shape index (κ2) is 8.73. The summed E-state index contributed by atoms with van der Waals surface area (Å²) < 4.78 is 20.8. The third kappa shape index (κ3) is 4.52. The number of hydrogen-bond donors (Lipinski definition) is 0. The molecule has 0 radical (unpaired) electrons. The number of amides is 1. The lowest BCUT2D eigenvalue weighted by atomic mass is 9.89. The van der Waals surface area contributed by atoms with Crippen molar-refractivity contribution in [3.8, 4) is 0 Å². The van der Waals surface area contributed by atoms with Gasteiger partial charge in [0.1, 0.15) is 5.65 Å². The van der Waals surface area contributed by atoms with Gasteiger partial charge < -0.3 is 14.2 Å². The largest absolute Gasteiger partial charge is 0.465 e. The molecule has 0 atom stereocenters. The Kier molecular flexibility index (Phi) is 6.00. The van der Waals surface area contributed by atoms with E-state index in [0.29, 0.717) is 31.1 Å². The fourth-order valence-electron chi connectivity index (χ4n) is 4.30. The predicted octanol–water partition coefficient (Wildman–Crippen LogP) is 4.33. The number of nitrogens with zero attached hydrogens (tertiary/aromatic N) is 3. The summed E-state index contributed by atoms with van der Waals surface area (Å²) in [6.45, 7) is 4.42. The number of rotatable bonds is 5. The van der Waals surface area contributed by atoms with Crippen LogP contribution in [0.2, 0.25) is 0 Å². The summed E-state index contributed by atoms with van der Waals surface area (Å²) in [5, 5.41) is 1.07. The SMILES string of the molecule is COC(=O)c1ccc(Cn2ccc3cc(C4CCN(C(=O)C(C)(C)F)CC4)cnc32)cc1. The predicted molar refractivity (Wildman–Crippen MR) is 120 cm³/mol. The van der Waals surface area contributed by atoms with Crippen molar-refractivity contribution >= 4 is 22.9 Å². The van der Waals surface area contributed by atoms with Gasteiger partial charge in [-0.3, -0.25) is 4.79 Å². The molecule has 0 aliphatic carbocycles. The van der Waals surface area contributed by atoms with E-state index in [1.54, 1.807) is 17.0 Å². The van der Waals surface area contributed by atoms with Crippen LogP contribution in [0, 0.1) is 0 Å². The van der Waals surface area contributed by atoms with Gasteiger partial charge in [-0.2, -0.15) is 0 Å². The zero-order valence-electron chi connectivity index (χ0n) is 18.7. The van der Waals surface area contributed by atoms with E-state index in [-0.39, 0.29) is 5.97 Å². The molecule has 1 amide bonds. The van der Waals surface area contributed by atoms with E-state index in [4.69, 9.17) is 9.72 Å². The van der Waals surface area contributed by atoms with Crippen LogP contribution in [0.4, 0.5) is 4.39 Å². The second-order valence-electron chi connectivity index (χ2n) is 8.85. The minimum Gasteiger partial charge on any atom is -0.465 e. The number of esters is 1. The lowest BCUT2D eigenvalue weighted by Crippen LogP contribution is -2.46. The van der Waals surface area contributed by atoms with Crippen LogP contribution in [-0.4, -0.2) is 52.2 Å². The number of methoxy groups -OCH3 is 1. The van der Waals surface area contributed by atoms with Gasteiger partial charge in [-0.1, -0.05) is 12.1 Å². The Labute approximate surface area is 187 Å². The highest BCUT2D eigenvalue weighted by Crippen LogP contribution is 2.31. The number of benzene rings is 1. The molecule has 0 bridgehead atoms. The molecule has 3 heterocycles. The number of carbonyl (C=O) groups excluding carboxylic acids is 2. The third-order valence-electron chi connectivity index (χ3n) is 6.11. The van der Waals surface area contributed by atoms with E-state index in [9.17, 15) is 14.0 Å². The first-order valence-electron chi connectivity index (χ1n) is 10.9. The number of fused-ring (bicyclic) bond motifs is 1. The standard InChI is InChI=1S/C25H28FN3O3/c1-25(2,26)24(31)28-11-8-18(9-12-28)21-14-20-10-13-29(22(20)27-15-21)16-17-4-6-19(7-5-17)23(30)32-3/h4-7,10,13-15,18H,8-9,11-12,16H2,1-3H3. The maximum atomic E-state index is 14.0. The van der Waals surface area contributed by atoms with Crippen LogP contribution in [0.1, 0.15) is 54.1 Å². The molecular weight excluding hydrogens is 409 g/mol. The molecule has 1 aliphatic rings. The molecule has 2 aromatic heterocycles. The minimum absolute atomic E-state index is 0.313. The topological polar surface area (TPSA) is 64.4 Å². The number of likely N-dealkylation sites (tertiary alicyclic amines) is 1. The molecule has 6 nitrogen and oxygen atoms in total. The van der Waals surface area contributed by atoms with Crippen molar-refractivity contribution in [2.24, 2.45) is 0 Å². The van der Waals surface area contributed by atoms with Gasteiger partial charge in [0.05, 0.1) is 12.7 Å². The zero-order chi connectivity index (χ0) is 22.9. The van der Waals surface area contributed by atoms with Crippen molar-refractivity contribution in [2.75, 3.05) is 20.2 Å². The Balaban J connectivity index is 1.44. The van der Waals surface area contributed by atoms with Gasteiger partial charge >= 0.3 is 5.97 Å². The summed E-state index contributed by atoms with van der Waals surface area (Å²) in [6.07, 6.45) is 5.55. The molecule has 1 saturated heterocycles. The maximum Gasteiger partial charge on any atom is 0.337 e. The lowest BCUT2D eigenvalue weighted by Gasteiger charge is -2.34. The van der Waals surface area contributed by atoms with Gasteiger partial charge in [-0.05, 0) is 68.0 Å². The number of pyridine rings is 1. The Morgan fingerprint density at radius 3 is 2.47 bits per heavy atom. The summed E-state index contributed by atoms with van der Waals surface area (Å²) in [5.74, 6) is -0.463. The number of aromatic nitrogens is 2. The van der Waals surface area contributed by atoms with Gasteiger partial charge in [-0.15, -0.1) is 0 Å². The average Bonchev–Trinajstić information content (AvgIpc) is 3.20. The van der Waals surface area contributed by atoms with Crippen LogP contribution < -0.4 is 0 Å². The molecule has 0 N–H and O–H groups in total. The summed E-state index contributed by atoms with van der Waals surface area (Å²) >= 11 is 0. The minimum atomic E-state index is -1.82. The van der Waals surface area contributed by atoms with Crippen LogP contribution in [-0.2, 0) is 16.1 Å². The normalized spacial score (nSPS) is 15.2. The van der Waals surface area contributed by atoms with E-state index in [0.717, 1.165) is 35.0 Å². The molecule has 7 heteroatoms. The molecule has 1 fully saturated rings. The van der Waals surface area contributed by atoms with Crippen LogP contribution in [0.15, 0.2) is 48.8 Å². The molecule has 0 unspecified atom stereocenters. The lowest BCUT2D eigenvalue weighted by molar-refractivity contribution is -0.142. The molecule has 0 spiro atoms. The van der Waals surface area contributed by atoms with Gasteiger partial charge in [0, 0.05) is 37.4 Å². The molecule has 1 aliphatic heterocycles. The number of ether oxygens (including phenoxy) is 1. The first-order chi connectivity index (χ1) is 15.3. The quantitative estimate of drug-likeness (QED) is 0.558. The van der Waals surface area contributed by atoms with Crippen LogP contribution in [0.3, 0.4) is 0 Å². The van der Waals surface area contributed by atoms with Gasteiger partial charge in [0.15, 0.2) is 5.67 Å². The monoisotopic (exact) mass is 437 g/mol. The van der Waals surface area contributed by atoms with E-state index in [1.807, 2.05) is 24.5 Å². The second-order valence-corrected chi connectivity index (χ2v) is 8.85. The Morgan fingerprint density at radius 1 is 1.16 bits per heavy atom. The number of hydrogen-bond acceptors (Lipinski definition) is 4. The number of carbonyl (C=O) groups is 2. The van der Waals surface area contributed by atoms with Crippen LogP contribution in [0.25, 0.3) is 11.0 Å².